The SMILES string of the molecule is CC(C)CCC(CC(C)c1ccc(CCC2CCC3CC(C)CC(C)C3C2)cc1)C(C)C. The molecule has 0 saturated heterocycles. The third kappa shape index (κ3) is 7.36. The van der Waals surface area contributed by atoms with Gasteiger partial charge in [-0.1, -0.05) is 85.6 Å². The quantitative estimate of drug-likeness (QED) is 0.341. The Morgan fingerprint density at radius 2 is 1.56 bits per heavy atom. The molecule has 182 valence electrons. The van der Waals surface area contributed by atoms with Crippen molar-refractivity contribution in [3.8, 4) is 0 Å². The molecule has 0 heteroatoms. The predicted octanol–water partition coefficient (Wildman–Crippen LogP) is 9.92. The first-order valence-corrected chi connectivity index (χ1v) is 14.3. The Bertz CT molecular complexity index is 653. The normalized spacial score (nSPS) is 30.3. The number of hydrogen-bond donors (Lipinski definition) is 0. The van der Waals surface area contributed by atoms with Gasteiger partial charge in [-0.15, -0.1) is 0 Å². The van der Waals surface area contributed by atoms with E-state index in [-0.39, 0.29) is 0 Å². The van der Waals surface area contributed by atoms with E-state index in [1.807, 2.05) is 0 Å². The van der Waals surface area contributed by atoms with E-state index in [4.69, 9.17) is 0 Å². The Hall–Kier alpha value is -0.780. The van der Waals surface area contributed by atoms with Gasteiger partial charge in [-0.05, 0) is 116 Å². The summed E-state index contributed by atoms with van der Waals surface area (Å²) < 4.78 is 0. The number of rotatable bonds is 10. The number of hydrogen-bond acceptors (Lipinski definition) is 0. The van der Waals surface area contributed by atoms with Gasteiger partial charge in [-0.3, -0.25) is 0 Å². The summed E-state index contributed by atoms with van der Waals surface area (Å²) in [6.45, 7) is 17.0. The van der Waals surface area contributed by atoms with Crippen LogP contribution in [0, 0.1) is 47.3 Å². The summed E-state index contributed by atoms with van der Waals surface area (Å²) in [6, 6.07) is 9.78. The summed E-state index contributed by atoms with van der Waals surface area (Å²) in [5.41, 5.74) is 3.11. The minimum Gasteiger partial charge on any atom is -0.0628 e. The van der Waals surface area contributed by atoms with Crippen molar-refractivity contribution in [1.82, 2.24) is 0 Å². The van der Waals surface area contributed by atoms with Crippen molar-refractivity contribution < 1.29 is 0 Å². The van der Waals surface area contributed by atoms with Crippen LogP contribution in [0.3, 0.4) is 0 Å². The second kappa shape index (κ2) is 12.1. The first kappa shape index (κ1) is 25.8. The van der Waals surface area contributed by atoms with Crippen LogP contribution in [0.15, 0.2) is 24.3 Å². The van der Waals surface area contributed by atoms with Gasteiger partial charge < -0.3 is 0 Å². The molecule has 1 aromatic rings. The van der Waals surface area contributed by atoms with Gasteiger partial charge in [0.25, 0.3) is 0 Å². The fourth-order valence-electron chi connectivity index (χ4n) is 7.28. The monoisotopic (exact) mass is 438 g/mol. The van der Waals surface area contributed by atoms with Crippen LogP contribution in [0.25, 0.3) is 0 Å². The van der Waals surface area contributed by atoms with Gasteiger partial charge >= 0.3 is 0 Å². The standard InChI is InChI=1S/C32H54/c1-22(2)8-14-30(23(3)4)20-25(6)29-15-11-27(12-16-29)9-10-28-13-17-31-19-24(5)18-26(7)32(31)21-28/h11-12,15-16,22-26,28,30-32H,8-10,13-14,17-21H2,1-7H3. The van der Waals surface area contributed by atoms with E-state index in [1.165, 1.54) is 64.2 Å². The van der Waals surface area contributed by atoms with Crippen LogP contribution in [-0.2, 0) is 6.42 Å². The van der Waals surface area contributed by atoms with E-state index in [2.05, 4.69) is 72.7 Å². The molecule has 0 spiro atoms. The van der Waals surface area contributed by atoms with Gasteiger partial charge in [-0.25, -0.2) is 0 Å². The molecule has 32 heavy (non-hydrogen) atoms. The Labute approximate surface area is 201 Å². The third-order valence-corrected chi connectivity index (χ3v) is 9.47. The van der Waals surface area contributed by atoms with Crippen molar-refractivity contribution in [1.29, 1.82) is 0 Å². The van der Waals surface area contributed by atoms with Crippen molar-refractivity contribution in [2.45, 2.75) is 119 Å². The van der Waals surface area contributed by atoms with E-state index in [0.717, 1.165) is 47.3 Å². The second-order valence-corrected chi connectivity index (χ2v) is 13.0. The lowest BCUT2D eigenvalue weighted by Crippen LogP contribution is -2.35. The van der Waals surface area contributed by atoms with E-state index in [0.29, 0.717) is 5.92 Å². The van der Waals surface area contributed by atoms with Crippen molar-refractivity contribution >= 4 is 0 Å². The predicted molar refractivity (Wildman–Crippen MR) is 142 cm³/mol. The molecule has 7 unspecified atom stereocenters. The maximum absolute atomic E-state index is 2.54. The molecule has 2 aliphatic carbocycles. The first-order valence-electron chi connectivity index (χ1n) is 14.3. The molecule has 0 radical (unpaired) electrons. The van der Waals surface area contributed by atoms with Crippen molar-refractivity contribution in [2.24, 2.45) is 47.3 Å². The minimum atomic E-state index is 0.675. The van der Waals surface area contributed by atoms with Gasteiger partial charge in [-0.2, -0.15) is 0 Å². The average Bonchev–Trinajstić information content (AvgIpc) is 2.75. The van der Waals surface area contributed by atoms with Crippen LogP contribution < -0.4 is 0 Å². The van der Waals surface area contributed by atoms with Gasteiger partial charge in [0.2, 0.25) is 0 Å². The maximum Gasteiger partial charge on any atom is -0.0188 e. The molecule has 7 atom stereocenters. The highest BCUT2D eigenvalue weighted by Crippen LogP contribution is 2.48. The van der Waals surface area contributed by atoms with Crippen LogP contribution in [-0.4, -0.2) is 0 Å². The fourth-order valence-corrected chi connectivity index (χ4v) is 7.28. The second-order valence-electron chi connectivity index (χ2n) is 13.0. The van der Waals surface area contributed by atoms with Gasteiger partial charge in [0.15, 0.2) is 0 Å². The van der Waals surface area contributed by atoms with Crippen molar-refractivity contribution in [3.63, 3.8) is 0 Å². The zero-order valence-corrected chi connectivity index (χ0v) is 22.6. The van der Waals surface area contributed by atoms with Gasteiger partial charge in [0.1, 0.15) is 0 Å². The number of fused-ring (bicyclic) bond motifs is 1. The molecule has 1 aromatic carbocycles. The summed E-state index contributed by atoms with van der Waals surface area (Å²) in [6.07, 6.45) is 14.3. The number of benzene rings is 1. The summed E-state index contributed by atoms with van der Waals surface area (Å²) >= 11 is 0. The summed E-state index contributed by atoms with van der Waals surface area (Å²) in [7, 11) is 0. The van der Waals surface area contributed by atoms with Crippen LogP contribution in [0.5, 0.6) is 0 Å². The zero-order chi connectivity index (χ0) is 23.3. The summed E-state index contributed by atoms with van der Waals surface area (Å²) in [5, 5.41) is 0. The highest BCUT2D eigenvalue weighted by molar-refractivity contribution is 5.25. The Morgan fingerprint density at radius 3 is 2.22 bits per heavy atom. The van der Waals surface area contributed by atoms with Crippen molar-refractivity contribution in [2.75, 3.05) is 0 Å². The third-order valence-electron chi connectivity index (χ3n) is 9.47. The lowest BCUT2D eigenvalue weighted by atomic mass is 9.60. The molecule has 2 saturated carbocycles. The van der Waals surface area contributed by atoms with E-state index < -0.39 is 0 Å². The topological polar surface area (TPSA) is 0 Å². The van der Waals surface area contributed by atoms with E-state index in [1.54, 1.807) is 11.1 Å². The first-order chi connectivity index (χ1) is 15.2. The van der Waals surface area contributed by atoms with E-state index >= 15 is 0 Å². The fraction of sp³-hybridized carbons (Fsp3) is 0.812. The molecule has 2 fully saturated rings. The Balaban J connectivity index is 1.47. The lowest BCUT2D eigenvalue weighted by Gasteiger charge is -2.45. The Kier molecular flexibility index (Phi) is 9.75. The lowest BCUT2D eigenvalue weighted by molar-refractivity contribution is 0.0546. The van der Waals surface area contributed by atoms with Crippen LogP contribution in [0.2, 0.25) is 0 Å². The smallest absolute Gasteiger partial charge is 0.0188 e. The molecule has 2 aliphatic rings. The average molecular weight is 439 g/mol. The zero-order valence-electron chi connectivity index (χ0n) is 22.6. The molecule has 0 amide bonds. The number of aryl methyl sites for hydroxylation is 1. The molecule has 0 bridgehead atoms. The molecule has 0 nitrogen and oxygen atoms in total. The minimum absolute atomic E-state index is 0.675. The van der Waals surface area contributed by atoms with Gasteiger partial charge in [0.05, 0.1) is 0 Å². The van der Waals surface area contributed by atoms with Crippen LogP contribution >= 0.6 is 0 Å². The van der Waals surface area contributed by atoms with Crippen molar-refractivity contribution in [3.05, 3.63) is 35.4 Å². The molecule has 3 rings (SSSR count). The van der Waals surface area contributed by atoms with Crippen LogP contribution in [0.1, 0.15) is 123 Å². The van der Waals surface area contributed by atoms with E-state index in [9.17, 15) is 0 Å². The summed E-state index contributed by atoms with van der Waals surface area (Å²) in [4.78, 5) is 0. The highest BCUT2D eigenvalue weighted by atomic mass is 14.4. The highest BCUT2D eigenvalue weighted by Gasteiger charge is 2.38. The van der Waals surface area contributed by atoms with Crippen LogP contribution in [0.4, 0.5) is 0 Å². The molecule has 0 N–H and O–H groups in total. The molecular formula is C32H54. The molecule has 0 heterocycles. The van der Waals surface area contributed by atoms with Gasteiger partial charge in [0, 0.05) is 0 Å². The Morgan fingerprint density at radius 1 is 0.844 bits per heavy atom. The molecular weight excluding hydrogens is 384 g/mol. The summed E-state index contributed by atoms with van der Waals surface area (Å²) in [5.74, 6) is 8.11. The molecule has 0 aromatic heterocycles. The maximum atomic E-state index is 2.54. The largest absolute Gasteiger partial charge is 0.0628 e. The molecule has 0 aliphatic heterocycles.